The molecule has 0 spiro atoms. The van der Waals surface area contributed by atoms with Gasteiger partial charge in [0.05, 0.1) is 12.1 Å². The first-order chi connectivity index (χ1) is 7.41. The summed E-state index contributed by atoms with van der Waals surface area (Å²) in [5, 5.41) is 2.56. The van der Waals surface area contributed by atoms with Crippen molar-refractivity contribution in [3.63, 3.8) is 0 Å². The predicted octanol–water partition coefficient (Wildman–Crippen LogP) is 2.03. The zero-order chi connectivity index (χ0) is 12.3. The Kier molecular flexibility index (Phi) is 3.84. The van der Waals surface area contributed by atoms with Crippen LogP contribution in [0.1, 0.15) is 10.4 Å². The van der Waals surface area contributed by atoms with Gasteiger partial charge in [-0.1, -0.05) is 18.2 Å². The van der Waals surface area contributed by atoms with Gasteiger partial charge in [-0.2, -0.15) is 0 Å². The lowest BCUT2D eigenvalue weighted by Gasteiger charge is -2.07. The highest BCUT2D eigenvalue weighted by Crippen LogP contribution is 2.16. The minimum Gasteiger partial charge on any atom is -0.398 e. The Labute approximate surface area is 95.9 Å². The molecule has 0 fully saturated rings. The number of carbonyl (C=O) groups is 1. The molecule has 1 aromatic rings. The molecule has 1 rings (SSSR count). The fourth-order valence-corrected chi connectivity index (χ4v) is 1.10. The van der Waals surface area contributed by atoms with Crippen molar-refractivity contribution < 1.29 is 13.6 Å². The molecule has 1 amide bonds. The molecule has 0 heterocycles. The number of halogens is 3. The first-order valence-electron chi connectivity index (χ1n) is 4.28. The highest BCUT2D eigenvalue weighted by atomic mass is 35.5. The zero-order valence-corrected chi connectivity index (χ0v) is 8.94. The van der Waals surface area contributed by atoms with E-state index in [9.17, 15) is 13.6 Å². The number of rotatable bonds is 3. The maximum Gasteiger partial charge on any atom is 0.253 e. The van der Waals surface area contributed by atoms with E-state index in [1.54, 1.807) is 0 Å². The molecule has 3 nitrogen and oxygen atoms in total. The third kappa shape index (κ3) is 2.93. The Bertz CT molecular complexity index is 449. The van der Waals surface area contributed by atoms with E-state index in [0.717, 1.165) is 12.1 Å². The molecule has 16 heavy (non-hydrogen) atoms. The summed E-state index contributed by atoms with van der Waals surface area (Å²) in [6.07, 6.45) is 0. The van der Waals surface area contributed by atoms with Crippen molar-refractivity contribution in [2.75, 3.05) is 12.3 Å². The molecule has 0 aliphatic heterocycles. The number of nitrogens with two attached hydrogens (primary N) is 1. The second-order valence-electron chi connectivity index (χ2n) is 3.05. The monoisotopic (exact) mass is 246 g/mol. The van der Waals surface area contributed by atoms with Crippen LogP contribution in [0.4, 0.5) is 14.5 Å². The van der Waals surface area contributed by atoms with Crippen LogP contribution in [-0.2, 0) is 0 Å². The lowest BCUT2D eigenvalue weighted by Crippen LogP contribution is -2.25. The Morgan fingerprint density at radius 1 is 1.44 bits per heavy atom. The van der Waals surface area contributed by atoms with E-state index in [-0.39, 0.29) is 22.8 Å². The van der Waals surface area contributed by atoms with Crippen molar-refractivity contribution in [2.45, 2.75) is 0 Å². The topological polar surface area (TPSA) is 55.1 Å². The summed E-state index contributed by atoms with van der Waals surface area (Å²) < 4.78 is 25.6. The molecule has 6 heteroatoms. The number of benzene rings is 1. The van der Waals surface area contributed by atoms with Gasteiger partial charge in [0.15, 0.2) is 11.6 Å². The number of nitrogen functional groups attached to an aromatic ring is 1. The van der Waals surface area contributed by atoms with Crippen molar-refractivity contribution in [3.8, 4) is 0 Å². The molecule has 1 aromatic carbocycles. The van der Waals surface area contributed by atoms with Gasteiger partial charge in [-0.15, -0.1) is 0 Å². The Balaban J connectivity index is 2.91. The van der Waals surface area contributed by atoms with E-state index in [1.807, 2.05) is 0 Å². The largest absolute Gasteiger partial charge is 0.398 e. The highest BCUT2D eigenvalue weighted by Gasteiger charge is 2.13. The quantitative estimate of drug-likeness (QED) is 0.802. The molecule has 0 aliphatic rings. The van der Waals surface area contributed by atoms with Crippen LogP contribution < -0.4 is 11.1 Å². The van der Waals surface area contributed by atoms with Crippen LogP contribution in [0.25, 0.3) is 0 Å². The fourth-order valence-electron chi connectivity index (χ4n) is 1.03. The third-order valence-electron chi connectivity index (χ3n) is 1.78. The number of hydrogen-bond donors (Lipinski definition) is 2. The minimum atomic E-state index is -1.14. The SMILES string of the molecule is C=C(Cl)CNC(=O)c1cc(F)c(F)cc1N. The molecule has 0 saturated carbocycles. The average molecular weight is 247 g/mol. The number of anilines is 1. The van der Waals surface area contributed by atoms with Gasteiger partial charge in [0, 0.05) is 16.8 Å². The second-order valence-corrected chi connectivity index (χ2v) is 3.59. The number of amides is 1. The summed E-state index contributed by atoms with van der Waals surface area (Å²) in [5.41, 5.74) is 5.09. The maximum absolute atomic E-state index is 12.9. The van der Waals surface area contributed by atoms with Crippen LogP contribution in [0.3, 0.4) is 0 Å². The van der Waals surface area contributed by atoms with Gasteiger partial charge in [0.2, 0.25) is 0 Å². The molecule has 86 valence electrons. The van der Waals surface area contributed by atoms with E-state index in [2.05, 4.69) is 11.9 Å². The first kappa shape index (κ1) is 12.4. The van der Waals surface area contributed by atoms with Crippen molar-refractivity contribution in [1.29, 1.82) is 0 Å². The van der Waals surface area contributed by atoms with Gasteiger partial charge in [-0.3, -0.25) is 4.79 Å². The van der Waals surface area contributed by atoms with Gasteiger partial charge >= 0.3 is 0 Å². The smallest absolute Gasteiger partial charge is 0.253 e. The van der Waals surface area contributed by atoms with Crippen LogP contribution in [0.2, 0.25) is 0 Å². The van der Waals surface area contributed by atoms with Crippen LogP contribution in [0, 0.1) is 11.6 Å². The van der Waals surface area contributed by atoms with Gasteiger partial charge in [0.1, 0.15) is 0 Å². The predicted molar refractivity (Wildman–Crippen MR) is 58.1 cm³/mol. The molecule has 0 aliphatic carbocycles. The molecule has 3 N–H and O–H groups in total. The summed E-state index contributed by atoms with van der Waals surface area (Å²) in [5.74, 6) is -2.88. The highest BCUT2D eigenvalue weighted by molar-refractivity contribution is 6.29. The summed E-state index contributed by atoms with van der Waals surface area (Å²) in [7, 11) is 0. The molecule has 0 saturated heterocycles. The first-order valence-corrected chi connectivity index (χ1v) is 4.65. The number of hydrogen-bond acceptors (Lipinski definition) is 2. The minimum absolute atomic E-state index is 0.0266. The lowest BCUT2D eigenvalue weighted by atomic mass is 10.1. The zero-order valence-electron chi connectivity index (χ0n) is 8.19. The molecule has 0 aromatic heterocycles. The Morgan fingerprint density at radius 2 is 2.00 bits per heavy atom. The third-order valence-corrected chi connectivity index (χ3v) is 1.91. The molecular formula is C10H9ClF2N2O. The Hall–Kier alpha value is -1.62. The van der Waals surface area contributed by atoms with Crippen LogP contribution in [0.5, 0.6) is 0 Å². The summed E-state index contributed by atoms with van der Waals surface area (Å²) >= 11 is 5.43. The van der Waals surface area contributed by atoms with Gasteiger partial charge in [0.25, 0.3) is 5.91 Å². The van der Waals surface area contributed by atoms with Crippen molar-refractivity contribution in [2.24, 2.45) is 0 Å². The van der Waals surface area contributed by atoms with E-state index in [0.29, 0.717) is 0 Å². The summed E-state index contributed by atoms with van der Waals surface area (Å²) in [4.78, 5) is 11.5. The van der Waals surface area contributed by atoms with Gasteiger partial charge < -0.3 is 11.1 Å². The summed E-state index contributed by atoms with van der Waals surface area (Å²) in [6.45, 7) is 3.39. The molecule has 0 unspecified atom stereocenters. The average Bonchev–Trinajstić information content (AvgIpc) is 2.20. The van der Waals surface area contributed by atoms with Gasteiger partial charge in [-0.25, -0.2) is 8.78 Å². The summed E-state index contributed by atoms with van der Waals surface area (Å²) in [6, 6.07) is 1.48. The molecular weight excluding hydrogens is 238 g/mol. The van der Waals surface area contributed by atoms with E-state index < -0.39 is 17.5 Å². The second kappa shape index (κ2) is 4.94. The van der Waals surface area contributed by atoms with Crippen LogP contribution in [0.15, 0.2) is 23.7 Å². The number of carbonyl (C=O) groups excluding carboxylic acids is 1. The van der Waals surface area contributed by atoms with Crippen LogP contribution >= 0.6 is 11.6 Å². The standard InChI is InChI=1S/C10H9ClF2N2O/c1-5(11)4-15-10(16)6-2-7(12)8(13)3-9(6)14/h2-3H,1,4,14H2,(H,15,16). The van der Waals surface area contributed by atoms with Crippen molar-refractivity contribution >= 4 is 23.2 Å². The Morgan fingerprint density at radius 3 is 2.56 bits per heavy atom. The normalized spacial score (nSPS) is 9.94. The van der Waals surface area contributed by atoms with Crippen molar-refractivity contribution in [1.82, 2.24) is 5.32 Å². The van der Waals surface area contributed by atoms with E-state index >= 15 is 0 Å². The molecule has 0 atom stereocenters. The maximum atomic E-state index is 12.9. The van der Waals surface area contributed by atoms with E-state index in [4.69, 9.17) is 17.3 Å². The van der Waals surface area contributed by atoms with Gasteiger partial charge in [-0.05, 0) is 6.07 Å². The molecule has 0 bridgehead atoms. The van der Waals surface area contributed by atoms with Crippen LogP contribution in [-0.4, -0.2) is 12.5 Å². The lowest BCUT2D eigenvalue weighted by molar-refractivity contribution is 0.0958. The fraction of sp³-hybridized carbons (Fsp3) is 0.100. The number of nitrogens with one attached hydrogen (secondary N) is 1. The van der Waals surface area contributed by atoms with Crippen molar-refractivity contribution in [3.05, 3.63) is 40.9 Å². The van der Waals surface area contributed by atoms with E-state index in [1.165, 1.54) is 0 Å². The molecule has 0 radical (unpaired) electrons.